The van der Waals surface area contributed by atoms with Gasteiger partial charge in [-0.2, -0.15) is 0 Å². The topological polar surface area (TPSA) is 68.9 Å². The lowest BCUT2D eigenvalue weighted by molar-refractivity contribution is -0.117. The first-order valence-corrected chi connectivity index (χ1v) is 9.65. The molecule has 0 aliphatic heterocycles. The molecule has 26 heavy (non-hydrogen) atoms. The molecule has 1 fully saturated rings. The van der Waals surface area contributed by atoms with Crippen LogP contribution in [-0.4, -0.2) is 20.3 Å². The number of anilines is 1. The molecule has 0 unspecified atom stereocenters. The zero-order chi connectivity index (χ0) is 18.1. The van der Waals surface area contributed by atoms with Gasteiger partial charge in [-0.15, -0.1) is 16.4 Å². The molecule has 1 N–H and O–H groups in total. The Hall–Kier alpha value is -2.67. The third-order valence-corrected chi connectivity index (χ3v) is 5.33. The van der Waals surface area contributed by atoms with Crippen LogP contribution in [0.25, 0.3) is 10.7 Å². The van der Waals surface area contributed by atoms with E-state index in [-0.39, 0.29) is 24.2 Å². The molecule has 1 saturated carbocycles. The Morgan fingerprint density at radius 1 is 1.27 bits per heavy atom. The lowest BCUT2D eigenvalue weighted by atomic mass is 10.1. The number of hydrogen-bond donors (Lipinski definition) is 1. The van der Waals surface area contributed by atoms with Crippen molar-refractivity contribution in [2.45, 2.75) is 38.8 Å². The van der Waals surface area contributed by atoms with E-state index in [0.717, 1.165) is 29.8 Å². The molecular formula is C19H20N4O2S. The second kappa shape index (κ2) is 6.92. The number of carbonyl (C=O) groups is 1. The van der Waals surface area contributed by atoms with Crippen molar-refractivity contribution in [1.82, 2.24) is 14.3 Å². The Bertz CT molecular complexity index is 966. The summed E-state index contributed by atoms with van der Waals surface area (Å²) in [5, 5.41) is 9.23. The maximum absolute atomic E-state index is 12.7. The normalized spacial score (nSPS) is 13.7. The Labute approximate surface area is 155 Å². The summed E-state index contributed by atoms with van der Waals surface area (Å²) >= 11 is 1.55. The number of amides is 1. The molecule has 1 aromatic carbocycles. The minimum atomic E-state index is -0.255. The molecule has 0 radical (unpaired) electrons. The molecule has 134 valence electrons. The Balaban J connectivity index is 1.55. The second-order valence-electron chi connectivity index (χ2n) is 6.44. The van der Waals surface area contributed by atoms with E-state index in [0.29, 0.717) is 5.82 Å². The summed E-state index contributed by atoms with van der Waals surface area (Å²) in [7, 11) is 0. The fourth-order valence-electron chi connectivity index (χ4n) is 2.92. The number of nitrogens with zero attached hydrogens (tertiary/aromatic N) is 3. The van der Waals surface area contributed by atoms with E-state index in [1.807, 2.05) is 41.8 Å². The van der Waals surface area contributed by atoms with Crippen molar-refractivity contribution in [3.05, 3.63) is 57.8 Å². The third kappa shape index (κ3) is 3.35. The van der Waals surface area contributed by atoms with Gasteiger partial charge in [-0.3, -0.25) is 9.36 Å². The average molecular weight is 368 g/mol. The monoisotopic (exact) mass is 368 g/mol. The lowest BCUT2D eigenvalue weighted by Gasteiger charge is -2.05. The predicted octanol–water partition coefficient (Wildman–Crippen LogP) is 3.31. The van der Waals surface area contributed by atoms with E-state index in [9.17, 15) is 9.59 Å². The zero-order valence-corrected chi connectivity index (χ0v) is 15.3. The van der Waals surface area contributed by atoms with Crippen LogP contribution in [0.3, 0.4) is 0 Å². The molecule has 2 heterocycles. The van der Waals surface area contributed by atoms with Gasteiger partial charge in [-0.25, -0.2) is 9.48 Å². The van der Waals surface area contributed by atoms with E-state index in [1.54, 1.807) is 15.9 Å². The summed E-state index contributed by atoms with van der Waals surface area (Å²) in [6.45, 7) is 1.99. The quantitative estimate of drug-likeness (QED) is 0.726. The van der Waals surface area contributed by atoms with Crippen LogP contribution in [-0.2, 0) is 17.8 Å². The van der Waals surface area contributed by atoms with Crippen molar-refractivity contribution in [2.75, 3.05) is 5.32 Å². The summed E-state index contributed by atoms with van der Waals surface area (Å²) in [5.74, 6) is 0.405. The molecule has 1 amide bonds. The Morgan fingerprint density at radius 2 is 2.04 bits per heavy atom. The van der Waals surface area contributed by atoms with Crippen LogP contribution in [0.2, 0.25) is 0 Å². The molecule has 7 heteroatoms. The first kappa shape index (κ1) is 16.8. The molecule has 3 aromatic rings. The molecule has 0 spiro atoms. The first-order chi connectivity index (χ1) is 12.7. The second-order valence-corrected chi connectivity index (χ2v) is 7.39. The summed E-state index contributed by atoms with van der Waals surface area (Å²) in [4.78, 5) is 26.0. The minimum absolute atomic E-state index is 0.0908. The molecule has 0 atom stereocenters. The first-order valence-electron chi connectivity index (χ1n) is 8.77. The standard InChI is InChI=1S/C19H20N4O2S/c1-2-13-5-7-14(8-6-13)20-17(24)12-22-19(25)23(15-9-10-15)18(21-22)16-4-3-11-26-16/h3-8,11,15H,2,9-10,12H2,1H3,(H,20,24). The number of nitrogens with one attached hydrogen (secondary N) is 1. The van der Waals surface area contributed by atoms with Crippen LogP contribution in [0, 0.1) is 0 Å². The number of hydrogen-bond acceptors (Lipinski definition) is 4. The van der Waals surface area contributed by atoms with Crippen molar-refractivity contribution in [1.29, 1.82) is 0 Å². The predicted molar refractivity (Wildman–Crippen MR) is 103 cm³/mol. The molecule has 2 aromatic heterocycles. The van der Waals surface area contributed by atoms with Crippen molar-refractivity contribution in [3.8, 4) is 10.7 Å². The molecule has 0 saturated heterocycles. The number of aryl methyl sites for hydroxylation is 1. The van der Waals surface area contributed by atoms with E-state index in [2.05, 4.69) is 17.3 Å². The van der Waals surface area contributed by atoms with E-state index >= 15 is 0 Å². The van der Waals surface area contributed by atoms with Crippen LogP contribution in [0.4, 0.5) is 5.69 Å². The van der Waals surface area contributed by atoms with Gasteiger partial charge in [0.05, 0.1) is 4.88 Å². The SMILES string of the molecule is CCc1ccc(NC(=O)Cn2nc(-c3cccs3)n(C3CC3)c2=O)cc1. The molecule has 6 nitrogen and oxygen atoms in total. The summed E-state index contributed by atoms with van der Waals surface area (Å²) in [6, 6.07) is 11.8. The van der Waals surface area contributed by atoms with Crippen LogP contribution in [0.5, 0.6) is 0 Å². The van der Waals surface area contributed by atoms with Gasteiger partial charge in [-0.05, 0) is 48.4 Å². The van der Waals surface area contributed by atoms with Gasteiger partial charge in [-0.1, -0.05) is 25.1 Å². The van der Waals surface area contributed by atoms with Gasteiger partial charge < -0.3 is 5.32 Å². The van der Waals surface area contributed by atoms with Crippen molar-refractivity contribution < 1.29 is 4.79 Å². The molecular weight excluding hydrogens is 348 g/mol. The van der Waals surface area contributed by atoms with Gasteiger partial charge in [0, 0.05) is 11.7 Å². The number of thiophene rings is 1. The van der Waals surface area contributed by atoms with Crippen molar-refractivity contribution >= 4 is 22.9 Å². The largest absolute Gasteiger partial charge is 0.346 e. The average Bonchev–Trinajstić information content (AvgIpc) is 3.22. The van der Waals surface area contributed by atoms with Gasteiger partial charge in [0.15, 0.2) is 5.82 Å². The number of carbonyl (C=O) groups excluding carboxylic acids is 1. The van der Waals surface area contributed by atoms with E-state index < -0.39 is 0 Å². The van der Waals surface area contributed by atoms with Gasteiger partial charge >= 0.3 is 5.69 Å². The van der Waals surface area contributed by atoms with E-state index in [4.69, 9.17) is 0 Å². The van der Waals surface area contributed by atoms with Crippen LogP contribution < -0.4 is 11.0 Å². The zero-order valence-electron chi connectivity index (χ0n) is 14.5. The van der Waals surface area contributed by atoms with E-state index in [1.165, 1.54) is 10.2 Å². The number of rotatable bonds is 6. The van der Waals surface area contributed by atoms with Crippen LogP contribution in [0.15, 0.2) is 46.6 Å². The maximum Gasteiger partial charge on any atom is 0.346 e. The fraction of sp³-hybridized carbons (Fsp3) is 0.316. The molecule has 4 rings (SSSR count). The van der Waals surface area contributed by atoms with Crippen LogP contribution in [0.1, 0.15) is 31.4 Å². The lowest BCUT2D eigenvalue weighted by Crippen LogP contribution is -2.30. The summed E-state index contributed by atoms with van der Waals surface area (Å²) in [5.41, 5.74) is 1.72. The highest BCUT2D eigenvalue weighted by molar-refractivity contribution is 7.13. The highest BCUT2D eigenvalue weighted by atomic mass is 32.1. The molecule has 1 aliphatic carbocycles. The Kier molecular flexibility index (Phi) is 4.46. The maximum atomic E-state index is 12.7. The smallest absolute Gasteiger partial charge is 0.324 e. The fourth-order valence-corrected chi connectivity index (χ4v) is 3.62. The molecule has 1 aliphatic rings. The number of benzene rings is 1. The molecule has 0 bridgehead atoms. The van der Waals surface area contributed by atoms with Crippen molar-refractivity contribution in [3.63, 3.8) is 0 Å². The summed E-state index contributed by atoms with van der Waals surface area (Å²) in [6.07, 6.45) is 2.92. The van der Waals surface area contributed by atoms with Gasteiger partial charge in [0.25, 0.3) is 0 Å². The third-order valence-electron chi connectivity index (χ3n) is 4.46. The van der Waals surface area contributed by atoms with Gasteiger partial charge in [0.2, 0.25) is 5.91 Å². The Morgan fingerprint density at radius 3 is 2.65 bits per heavy atom. The highest BCUT2D eigenvalue weighted by Crippen LogP contribution is 2.37. The highest BCUT2D eigenvalue weighted by Gasteiger charge is 2.31. The van der Waals surface area contributed by atoms with Crippen molar-refractivity contribution in [2.24, 2.45) is 0 Å². The number of aromatic nitrogens is 3. The van der Waals surface area contributed by atoms with Gasteiger partial charge in [0.1, 0.15) is 6.54 Å². The van der Waals surface area contributed by atoms with Crippen LogP contribution >= 0.6 is 11.3 Å². The minimum Gasteiger partial charge on any atom is -0.324 e. The summed E-state index contributed by atoms with van der Waals surface area (Å²) < 4.78 is 3.00.